The van der Waals surface area contributed by atoms with Crippen molar-refractivity contribution in [3.8, 4) is 0 Å². The monoisotopic (exact) mass is 310 g/mol. The maximum atomic E-state index is 11.9. The molecular formula is C12H19N2NaO6. The van der Waals surface area contributed by atoms with E-state index in [4.69, 9.17) is 15.0 Å². The first kappa shape index (κ1) is 22.2. The van der Waals surface area contributed by atoms with E-state index in [0.717, 1.165) is 12.8 Å². The summed E-state index contributed by atoms with van der Waals surface area (Å²) in [6.45, 7) is 5.62. The summed E-state index contributed by atoms with van der Waals surface area (Å²) in [4.78, 5) is 35.6. The first-order valence-electron chi connectivity index (χ1n) is 6.25. The molecule has 1 aliphatic rings. The van der Waals surface area contributed by atoms with Crippen molar-refractivity contribution in [1.29, 1.82) is 0 Å². The van der Waals surface area contributed by atoms with Crippen molar-refractivity contribution in [2.75, 3.05) is 0 Å². The molecule has 0 fully saturated rings. The van der Waals surface area contributed by atoms with E-state index in [1.165, 1.54) is 0 Å². The van der Waals surface area contributed by atoms with Gasteiger partial charge in [0.15, 0.2) is 0 Å². The third kappa shape index (κ3) is 5.64. The van der Waals surface area contributed by atoms with Crippen LogP contribution < -0.4 is 40.0 Å². The number of hydrogen-bond acceptors (Lipinski definition) is 4. The van der Waals surface area contributed by atoms with E-state index in [1.807, 2.05) is 13.8 Å². The molecule has 0 saturated carbocycles. The molecule has 9 heteroatoms. The van der Waals surface area contributed by atoms with Crippen molar-refractivity contribution in [3.05, 3.63) is 0 Å². The molecule has 8 nitrogen and oxygen atoms in total. The Morgan fingerprint density at radius 1 is 1.38 bits per heavy atom. The number of aliphatic imine (C=N–C) groups is 1. The summed E-state index contributed by atoms with van der Waals surface area (Å²) >= 11 is 0. The standard InChI is InChI=1S/C11H18N2O3.CH2O3.Na/c1-4-6-7(3)11(5-2)8(14)12-10(16)13-9(11)15;2-1(3)4;/h7H,4-6H2,1-3H3,(H2,12,13,14,15,16);(H2,2,3,4);/q;;+1/p-1. The third-order valence-electron chi connectivity index (χ3n) is 3.33. The number of amidine groups is 1. The van der Waals surface area contributed by atoms with Crippen LogP contribution in [0.15, 0.2) is 4.99 Å². The maximum absolute atomic E-state index is 11.9. The van der Waals surface area contributed by atoms with E-state index in [1.54, 1.807) is 6.92 Å². The van der Waals surface area contributed by atoms with Gasteiger partial charge >= 0.3 is 35.7 Å². The number of rotatable bonds is 4. The van der Waals surface area contributed by atoms with Gasteiger partial charge < -0.3 is 20.6 Å². The average molecular weight is 310 g/mol. The molecule has 1 rings (SSSR count). The van der Waals surface area contributed by atoms with Gasteiger partial charge in [-0.05, 0) is 18.8 Å². The van der Waals surface area contributed by atoms with Gasteiger partial charge in [-0.3, -0.25) is 9.59 Å². The van der Waals surface area contributed by atoms with E-state index in [0.29, 0.717) is 6.42 Å². The first-order valence-corrected chi connectivity index (χ1v) is 6.25. The summed E-state index contributed by atoms with van der Waals surface area (Å²) in [7, 11) is 0. The predicted octanol–water partition coefficient (Wildman–Crippen LogP) is -2.58. The molecule has 114 valence electrons. The SMILES string of the molecule is CCCC(C)C1(CC)C(=O)N=C([O-])NC1=O.O=C(O)O.[Na+]. The normalized spacial score (nSPS) is 22.0. The van der Waals surface area contributed by atoms with Crippen LogP contribution in [0.1, 0.15) is 40.0 Å². The molecule has 0 aromatic rings. The van der Waals surface area contributed by atoms with Crippen LogP contribution in [0.25, 0.3) is 0 Å². The molecule has 0 aromatic heterocycles. The van der Waals surface area contributed by atoms with Crippen molar-refractivity contribution >= 4 is 24.0 Å². The molecule has 0 radical (unpaired) electrons. The molecule has 2 unspecified atom stereocenters. The minimum absolute atomic E-state index is 0. The molecular weight excluding hydrogens is 291 g/mol. The summed E-state index contributed by atoms with van der Waals surface area (Å²) in [5.74, 6) is -1.20. The quantitative estimate of drug-likeness (QED) is 0.385. The zero-order chi connectivity index (χ0) is 15.9. The van der Waals surface area contributed by atoms with Crippen LogP contribution in [-0.2, 0) is 9.59 Å². The van der Waals surface area contributed by atoms with Gasteiger partial charge in [0.25, 0.3) is 5.91 Å². The molecule has 1 heterocycles. The molecule has 0 aromatic carbocycles. The summed E-state index contributed by atoms with van der Waals surface area (Å²) in [5.41, 5.74) is -1.15. The van der Waals surface area contributed by atoms with Crippen molar-refractivity contribution in [3.63, 3.8) is 0 Å². The van der Waals surface area contributed by atoms with Crippen LogP contribution in [0.4, 0.5) is 4.79 Å². The molecule has 3 N–H and O–H groups in total. The maximum Gasteiger partial charge on any atom is 1.00 e. The van der Waals surface area contributed by atoms with Gasteiger partial charge in [0.2, 0.25) is 5.91 Å². The fourth-order valence-corrected chi connectivity index (χ4v) is 2.30. The van der Waals surface area contributed by atoms with Gasteiger partial charge in [0.05, 0.1) is 6.02 Å². The molecule has 1 aliphatic heterocycles. The first-order chi connectivity index (χ1) is 9.22. The fraction of sp³-hybridized carbons (Fsp3) is 0.667. The summed E-state index contributed by atoms with van der Waals surface area (Å²) in [6.07, 6.45) is 0.184. The van der Waals surface area contributed by atoms with Crippen molar-refractivity contribution in [2.45, 2.75) is 40.0 Å². The largest absolute Gasteiger partial charge is 1.00 e. The Hall–Kier alpha value is -1.12. The number of carbonyl (C=O) groups is 3. The van der Waals surface area contributed by atoms with Gasteiger partial charge in [-0.15, -0.1) is 0 Å². The smallest absolute Gasteiger partial charge is 0.846 e. The van der Waals surface area contributed by atoms with Gasteiger partial charge in [0, 0.05) is 0 Å². The number of nitrogens with zero attached hydrogens (tertiary/aromatic N) is 1. The summed E-state index contributed by atoms with van der Waals surface area (Å²) < 4.78 is 0. The van der Waals surface area contributed by atoms with E-state index in [-0.39, 0.29) is 35.5 Å². The van der Waals surface area contributed by atoms with Crippen LogP contribution >= 0.6 is 0 Å². The van der Waals surface area contributed by atoms with Gasteiger partial charge in [-0.1, -0.05) is 27.2 Å². The summed E-state index contributed by atoms with van der Waals surface area (Å²) in [6, 6.07) is -0.845. The zero-order valence-electron chi connectivity index (χ0n) is 12.7. The van der Waals surface area contributed by atoms with E-state index >= 15 is 0 Å². The van der Waals surface area contributed by atoms with E-state index in [9.17, 15) is 14.7 Å². The second-order valence-corrected chi connectivity index (χ2v) is 4.47. The third-order valence-corrected chi connectivity index (χ3v) is 3.33. The molecule has 0 aliphatic carbocycles. The molecule has 0 spiro atoms. The fourth-order valence-electron chi connectivity index (χ4n) is 2.30. The number of carboxylic acid groups (broad SMARTS) is 2. The molecule has 2 atom stereocenters. The van der Waals surface area contributed by atoms with Crippen LogP contribution in [0.3, 0.4) is 0 Å². The minimum Gasteiger partial charge on any atom is -0.846 e. The van der Waals surface area contributed by atoms with Crippen molar-refractivity contribution in [2.24, 2.45) is 16.3 Å². The number of hydrogen-bond donors (Lipinski definition) is 3. The Labute approximate surface area is 144 Å². The molecule has 0 bridgehead atoms. The van der Waals surface area contributed by atoms with Crippen LogP contribution in [0.2, 0.25) is 0 Å². The van der Waals surface area contributed by atoms with Gasteiger partial charge in [-0.2, -0.15) is 0 Å². The zero-order valence-corrected chi connectivity index (χ0v) is 14.7. The van der Waals surface area contributed by atoms with Crippen LogP contribution in [0, 0.1) is 11.3 Å². The minimum atomic E-state index is -1.83. The number of amides is 2. The molecule has 0 saturated heterocycles. The second kappa shape index (κ2) is 9.75. The topological polar surface area (TPSA) is 139 Å². The average Bonchev–Trinajstić information content (AvgIpc) is 2.28. The number of carbonyl (C=O) groups excluding carboxylic acids is 2. The number of nitrogens with one attached hydrogen (secondary N) is 1. The van der Waals surface area contributed by atoms with Crippen LogP contribution in [0.5, 0.6) is 0 Å². The van der Waals surface area contributed by atoms with E-state index in [2.05, 4.69) is 10.3 Å². The second-order valence-electron chi connectivity index (χ2n) is 4.47. The summed E-state index contributed by atoms with van der Waals surface area (Å²) in [5, 5.41) is 27.0. The molecule has 21 heavy (non-hydrogen) atoms. The Bertz CT molecular complexity index is 422. The van der Waals surface area contributed by atoms with Gasteiger partial charge in [0.1, 0.15) is 5.41 Å². The van der Waals surface area contributed by atoms with Crippen molar-refractivity contribution < 1.29 is 59.3 Å². The van der Waals surface area contributed by atoms with Gasteiger partial charge in [-0.25, -0.2) is 9.79 Å². The van der Waals surface area contributed by atoms with Crippen LogP contribution in [-0.4, -0.2) is 34.2 Å². The van der Waals surface area contributed by atoms with E-state index < -0.39 is 29.4 Å². The predicted molar refractivity (Wildman–Crippen MR) is 68.0 cm³/mol. The Balaban J connectivity index is 0. The Morgan fingerprint density at radius 2 is 1.86 bits per heavy atom. The Morgan fingerprint density at radius 3 is 2.19 bits per heavy atom. The Kier molecular flexibility index (Phi) is 10.3. The molecule has 2 amide bonds. The van der Waals surface area contributed by atoms with Crippen molar-refractivity contribution in [1.82, 2.24) is 5.32 Å².